The molecule has 8 heteroatoms. The van der Waals surface area contributed by atoms with E-state index in [2.05, 4.69) is 41.0 Å². The molecule has 1 aliphatic rings. The second kappa shape index (κ2) is 11.3. The van der Waals surface area contributed by atoms with Crippen LogP contribution in [0, 0.1) is 11.3 Å². The summed E-state index contributed by atoms with van der Waals surface area (Å²) in [6.45, 7) is 1.85. The molecule has 2 unspecified atom stereocenters. The Bertz CT molecular complexity index is 1460. The maximum Gasteiger partial charge on any atom is 0.265 e. The van der Waals surface area contributed by atoms with E-state index in [1.54, 1.807) is 6.07 Å². The van der Waals surface area contributed by atoms with Gasteiger partial charge in [0.1, 0.15) is 11.1 Å². The number of hydrogen-bond acceptors (Lipinski definition) is 6. The molecule has 0 saturated carbocycles. The van der Waals surface area contributed by atoms with E-state index in [0.717, 1.165) is 29.7 Å². The lowest BCUT2D eigenvalue weighted by Crippen LogP contribution is -2.22. The number of carbonyl (C=O) groups is 2. The maximum absolute atomic E-state index is 13.1. The van der Waals surface area contributed by atoms with Gasteiger partial charge in [-0.1, -0.05) is 42.5 Å². The van der Waals surface area contributed by atoms with E-state index in [4.69, 9.17) is 0 Å². The highest BCUT2D eigenvalue weighted by atomic mass is 32.2. The van der Waals surface area contributed by atoms with E-state index in [1.807, 2.05) is 48.7 Å². The van der Waals surface area contributed by atoms with Crippen molar-refractivity contribution < 1.29 is 9.59 Å². The molecule has 1 aliphatic carbocycles. The highest BCUT2D eigenvalue weighted by Gasteiger charge is 2.28. The minimum atomic E-state index is -0.383. The second-order valence-electron chi connectivity index (χ2n) is 8.88. The Balaban J connectivity index is 1.24. The number of amides is 2. The molecular formula is C29H25N3O2S3. The Morgan fingerprint density at radius 3 is 2.68 bits per heavy atom. The first-order valence-corrected chi connectivity index (χ1v) is 14.6. The first-order chi connectivity index (χ1) is 18.0. The molecule has 5 rings (SSSR count). The van der Waals surface area contributed by atoms with Gasteiger partial charge in [0.2, 0.25) is 5.91 Å². The van der Waals surface area contributed by atoms with Gasteiger partial charge in [0.25, 0.3) is 5.91 Å². The van der Waals surface area contributed by atoms with Gasteiger partial charge < -0.3 is 10.6 Å². The number of nitriles is 1. The van der Waals surface area contributed by atoms with Crippen molar-refractivity contribution in [2.45, 2.75) is 42.2 Å². The fourth-order valence-corrected chi connectivity index (χ4v) is 7.35. The van der Waals surface area contributed by atoms with Crippen molar-refractivity contribution >= 4 is 56.9 Å². The fourth-order valence-electron chi connectivity index (χ4n) is 4.52. The molecule has 5 nitrogen and oxygen atoms in total. The number of hydrogen-bond donors (Lipinski definition) is 2. The average Bonchev–Trinajstić information content (AvgIpc) is 3.57. The first-order valence-electron chi connectivity index (χ1n) is 12.0. The molecule has 2 aromatic carbocycles. The molecule has 2 aromatic heterocycles. The summed E-state index contributed by atoms with van der Waals surface area (Å²) in [5, 5.41) is 17.9. The Morgan fingerprint density at radius 1 is 1.08 bits per heavy atom. The average molecular weight is 544 g/mol. The fraction of sp³-hybridized carbons (Fsp3) is 0.207. The van der Waals surface area contributed by atoms with Crippen LogP contribution in [0.2, 0.25) is 0 Å². The quantitative estimate of drug-likeness (QED) is 0.239. The predicted octanol–water partition coefficient (Wildman–Crippen LogP) is 7.33. The minimum absolute atomic E-state index is 0.146. The van der Waals surface area contributed by atoms with Gasteiger partial charge in [-0.05, 0) is 72.9 Å². The van der Waals surface area contributed by atoms with E-state index >= 15 is 0 Å². The van der Waals surface area contributed by atoms with Gasteiger partial charge in [-0.2, -0.15) is 5.26 Å². The monoisotopic (exact) mass is 543 g/mol. The molecule has 4 aromatic rings. The topological polar surface area (TPSA) is 82.0 Å². The van der Waals surface area contributed by atoms with Crippen LogP contribution in [-0.2, 0) is 17.6 Å². The van der Waals surface area contributed by atoms with E-state index in [-0.39, 0.29) is 17.1 Å². The third-order valence-electron chi connectivity index (χ3n) is 6.40. The zero-order chi connectivity index (χ0) is 25.8. The van der Waals surface area contributed by atoms with Crippen LogP contribution in [0.5, 0.6) is 0 Å². The standard InChI is InChI=1S/C29H25N3O2S3/c1-18(36-22-10-5-9-21(16-22)31-28(34)25-11-6-14-35-25)27(33)32-29-24(17-30)23-13-12-20(15-26(23)37-29)19-7-3-2-4-8-19/h2-11,14,16,18,20H,12-13,15H2,1H3,(H,31,34)(H,32,33). The molecule has 186 valence electrons. The highest BCUT2D eigenvalue weighted by molar-refractivity contribution is 8.00. The molecule has 2 atom stereocenters. The van der Waals surface area contributed by atoms with Gasteiger partial charge in [0, 0.05) is 15.5 Å². The molecule has 0 bridgehead atoms. The van der Waals surface area contributed by atoms with Crippen LogP contribution < -0.4 is 10.6 Å². The number of nitrogens with one attached hydrogen (secondary N) is 2. The molecule has 0 radical (unpaired) electrons. The molecule has 0 spiro atoms. The SMILES string of the molecule is CC(Sc1cccc(NC(=O)c2cccs2)c1)C(=O)Nc1sc2c(c1C#N)CCC(c1ccccc1)C2. The van der Waals surface area contributed by atoms with Gasteiger partial charge in [0.15, 0.2) is 0 Å². The lowest BCUT2D eigenvalue weighted by molar-refractivity contribution is -0.115. The summed E-state index contributed by atoms with van der Waals surface area (Å²) in [5.41, 5.74) is 3.70. The largest absolute Gasteiger partial charge is 0.321 e. The van der Waals surface area contributed by atoms with Crippen molar-refractivity contribution in [3.05, 3.63) is 98.6 Å². The van der Waals surface area contributed by atoms with Crippen molar-refractivity contribution in [2.75, 3.05) is 10.6 Å². The summed E-state index contributed by atoms with van der Waals surface area (Å²) >= 11 is 4.34. The van der Waals surface area contributed by atoms with Crippen molar-refractivity contribution in [1.82, 2.24) is 0 Å². The second-order valence-corrected chi connectivity index (χ2v) is 12.3. The van der Waals surface area contributed by atoms with Crippen molar-refractivity contribution in [2.24, 2.45) is 0 Å². The number of fused-ring (bicyclic) bond motifs is 1. The van der Waals surface area contributed by atoms with Crippen LogP contribution in [-0.4, -0.2) is 17.1 Å². The first kappa shape index (κ1) is 25.3. The number of benzene rings is 2. The Kier molecular flexibility index (Phi) is 7.75. The molecule has 2 heterocycles. The summed E-state index contributed by atoms with van der Waals surface area (Å²) in [6, 6.07) is 23.9. The molecule has 2 amide bonds. The van der Waals surface area contributed by atoms with Gasteiger partial charge in [-0.25, -0.2) is 0 Å². The zero-order valence-corrected chi connectivity index (χ0v) is 22.6. The van der Waals surface area contributed by atoms with Gasteiger partial charge in [0.05, 0.1) is 15.7 Å². The smallest absolute Gasteiger partial charge is 0.265 e. The Hall–Kier alpha value is -3.38. The van der Waals surface area contributed by atoms with E-state index in [9.17, 15) is 14.9 Å². The number of thiophene rings is 2. The lowest BCUT2D eigenvalue weighted by Gasteiger charge is -2.22. The number of nitrogens with zero attached hydrogens (tertiary/aromatic N) is 1. The van der Waals surface area contributed by atoms with Crippen molar-refractivity contribution in [3.63, 3.8) is 0 Å². The summed E-state index contributed by atoms with van der Waals surface area (Å²) in [4.78, 5) is 28.2. The van der Waals surface area contributed by atoms with Crippen LogP contribution in [0.4, 0.5) is 10.7 Å². The number of rotatable bonds is 7. The molecule has 0 aliphatic heterocycles. The zero-order valence-electron chi connectivity index (χ0n) is 20.2. The van der Waals surface area contributed by atoms with Crippen molar-refractivity contribution in [1.29, 1.82) is 5.26 Å². The van der Waals surface area contributed by atoms with E-state index in [1.165, 1.54) is 44.9 Å². The normalized spacial score (nSPS) is 15.3. The molecule has 0 saturated heterocycles. The van der Waals surface area contributed by atoms with E-state index < -0.39 is 0 Å². The number of anilines is 2. The Labute approximate surface area is 228 Å². The van der Waals surface area contributed by atoms with Gasteiger partial charge >= 0.3 is 0 Å². The molecule has 0 fully saturated rings. The lowest BCUT2D eigenvalue weighted by atomic mass is 9.83. The van der Waals surface area contributed by atoms with Crippen molar-refractivity contribution in [3.8, 4) is 6.07 Å². The number of carbonyl (C=O) groups excluding carboxylic acids is 2. The molecule has 37 heavy (non-hydrogen) atoms. The summed E-state index contributed by atoms with van der Waals surface area (Å²) in [5.74, 6) is 0.139. The molecule has 2 N–H and O–H groups in total. The van der Waals surface area contributed by atoms with Crippen LogP contribution in [0.1, 0.15) is 50.5 Å². The van der Waals surface area contributed by atoms with Crippen LogP contribution in [0.15, 0.2) is 77.0 Å². The summed E-state index contributed by atoms with van der Waals surface area (Å²) < 4.78 is 0. The highest BCUT2D eigenvalue weighted by Crippen LogP contribution is 2.42. The molecular weight excluding hydrogens is 519 g/mol. The number of thioether (sulfide) groups is 1. The van der Waals surface area contributed by atoms with Crippen LogP contribution >= 0.6 is 34.4 Å². The minimum Gasteiger partial charge on any atom is -0.321 e. The summed E-state index contributed by atoms with van der Waals surface area (Å²) in [6.07, 6.45) is 2.74. The van der Waals surface area contributed by atoms with E-state index in [0.29, 0.717) is 27.0 Å². The van der Waals surface area contributed by atoms with Gasteiger partial charge in [-0.3, -0.25) is 9.59 Å². The van der Waals surface area contributed by atoms with Crippen LogP contribution in [0.3, 0.4) is 0 Å². The van der Waals surface area contributed by atoms with Crippen LogP contribution in [0.25, 0.3) is 0 Å². The predicted molar refractivity (Wildman–Crippen MR) is 153 cm³/mol. The third-order valence-corrected chi connectivity index (χ3v) is 9.54. The Morgan fingerprint density at radius 2 is 1.92 bits per heavy atom. The summed E-state index contributed by atoms with van der Waals surface area (Å²) in [7, 11) is 0. The maximum atomic E-state index is 13.1. The van der Waals surface area contributed by atoms with Gasteiger partial charge in [-0.15, -0.1) is 34.4 Å². The third kappa shape index (κ3) is 5.80.